The van der Waals surface area contributed by atoms with Crippen molar-refractivity contribution in [3.05, 3.63) is 143 Å². The van der Waals surface area contributed by atoms with Crippen LogP contribution in [-0.4, -0.2) is 9.55 Å². The first-order valence-corrected chi connectivity index (χ1v) is 14.4. The summed E-state index contributed by atoms with van der Waals surface area (Å²) in [5.41, 5.74) is 10.2. The predicted molar refractivity (Wildman–Crippen MR) is 170 cm³/mol. The van der Waals surface area contributed by atoms with Gasteiger partial charge < -0.3 is 0 Å². The summed E-state index contributed by atoms with van der Waals surface area (Å²) in [6.45, 7) is 0. The number of pyridine rings is 1. The molecule has 39 heavy (non-hydrogen) atoms. The maximum atomic E-state index is 4.81. The predicted octanol–water partition coefficient (Wildman–Crippen LogP) is 10.7. The second-order valence-corrected chi connectivity index (χ2v) is 11.3. The normalized spacial score (nSPS) is 11.3. The average molecular weight is 630 g/mol. The molecule has 0 amide bonds. The lowest BCUT2D eigenvalue weighted by molar-refractivity contribution is 1.14. The Morgan fingerprint density at radius 2 is 1.23 bits per heavy atom. The van der Waals surface area contributed by atoms with E-state index in [4.69, 9.17) is 4.98 Å². The van der Waals surface area contributed by atoms with Crippen LogP contribution in [0, 0.1) is 0 Å². The van der Waals surface area contributed by atoms with Gasteiger partial charge in [0.15, 0.2) is 0 Å². The van der Waals surface area contributed by atoms with E-state index in [0.29, 0.717) is 0 Å². The molecule has 0 N–H and O–H groups in total. The van der Waals surface area contributed by atoms with Gasteiger partial charge in [-0.05, 0) is 82.4 Å². The summed E-state index contributed by atoms with van der Waals surface area (Å²) < 4.78 is 4.42. The fourth-order valence-electron chi connectivity index (χ4n) is 5.40. The molecule has 0 unspecified atom stereocenters. The maximum Gasteiger partial charge on any atom is 0.145 e. The highest BCUT2D eigenvalue weighted by Gasteiger charge is 2.17. The highest BCUT2D eigenvalue weighted by atomic mass is 79.9. The summed E-state index contributed by atoms with van der Waals surface area (Å²) >= 11 is 7.44. The molecule has 0 fully saturated rings. The third kappa shape index (κ3) is 4.30. The largest absolute Gasteiger partial charge is 0.293 e. The van der Waals surface area contributed by atoms with Crippen LogP contribution < -0.4 is 0 Å². The van der Waals surface area contributed by atoms with Crippen molar-refractivity contribution < 1.29 is 0 Å². The van der Waals surface area contributed by atoms with Gasteiger partial charge in [-0.2, -0.15) is 0 Å². The summed E-state index contributed by atoms with van der Waals surface area (Å²) in [6, 6.07) is 45.1. The van der Waals surface area contributed by atoms with Crippen LogP contribution in [0.2, 0.25) is 0 Å². The Morgan fingerprint density at radius 1 is 0.513 bits per heavy atom. The Bertz CT molecular complexity index is 1950. The van der Waals surface area contributed by atoms with E-state index < -0.39 is 0 Å². The molecule has 0 saturated heterocycles. The Morgan fingerprint density at radius 3 is 2.13 bits per heavy atom. The standard InChI is InChI=1S/C35H22Br2N2/c36-27-11-6-9-24(21-27)23-8-5-10-25(20-23)31-22-26(17-18-32(31)37)28-12-1-3-15-33(28)39-34-16-4-2-13-29(34)30-14-7-19-38-35(30)39/h1-22H. The van der Waals surface area contributed by atoms with E-state index in [2.05, 4.69) is 158 Å². The average Bonchev–Trinajstić information content (AvgIpc) is 3.32. The van der Waals surface area contributed by atoms with Crippen LogP contribution in [0.15, 0.2) is 143 Å². The summed E-state index contributed by atoms with van der Waals surface area (Å²) in [4.78, 5) is 4.81. The molecule has 0 radical (unpaired) electrons. The van der Waals surface area contributed by atoms with Gasteiger partial charge in [-0.3, -0.25) is 4.57 Å². The summed E-state index contributed by atoms with van der Waals surface area (Å²) in [5.74, 6) is 0. The van der Waals surface area contributed by atoms with E-state index in [1.165, 1.54) is 16.5 Å². The molecule has 7 aromatic rings. The lowest BCUT2D eigenvalue weighted by Gasteiger charge is -2.15. The van der Waals surface area contributed by atoms with Crippen molar-refractivity contribution in [2.75, 3.05) is 0 Å². The molecule has 186 valence electrons. The second kappa shape index (κ2) is 9.96. The SMILES string of the molecule is Brc1cccc(-c2cccc(-c3cc(-c4ccccc4-n4c5ccccc5c5cccnc54)ccc3Br)c2)c1. The molecule has 0 aliphatic heterocycles. The van der Waals surface area contributed by atoms with E-state index >= 15 is 0 Å². The molecule has 2 aromatic heterocycles. The number of aromatic nitrogens is 2. The number of fused-ring (bicyclic) bond motifs is 3. The molecule has 4 heteroatoms. The highest BCUT2D eigenvalue weighted by Crippen LogP contribution is 2.39. The molecule has 0 bridgehead atoms. The number of halogens is 2. The highest BCUT2D eigenvalue weighted by molar-refractivity contribution is 9.10. The third-order valence-electron chi connectivity index (χ3n) is 7.19. The second-order valence-electron chi connectivity index (χ2n) is 9.53. The number of benzene rings is 5. The van der Waals surface area contributed by atoms with Gasteiger partial charge in [-0.15, -0.1) is 0 Å². The van der Waals surface area contributed by atoms with Gasteiger partial charge in [-0.25, -0.2) is 4.98 Å². The molecule has 0 saturated carbocycles. The Hall–Kier alpha value is -3.99. The smallest absolute Gasteiger partial charge is 0.145 e. The van der Waals surface area contributed by atoms with Crippen molar-refractivity contribution >= 4 is 53.8 Å². The number of hydrogen-bond donors (Lipinski definition) is 0. The van der Waals surface area contributed by atoms with Crippen molar-refractivity contribution in [3.8, 4) is 39.1 Å². The minimum absolute atomic E-state index is 0.963. The maximum absolute atomic E-state index is 4.81. The molecule has 2 nitrogen and oxygen atoms in total. The lowest BCUT2D eigenvalue weighted by Crippen LogP contribution is -1.98. The monoisotopic (exact) mass is 628 g/mol. The van der Waals surface area contributed by atoms with Gasteiger partial charge in [0.25, 0.3) is 0 Å². The minimum Gasteiger partial charge on any atom is -0.293 e. The number of hydrogen-bond acceptors (Lipinski definition) is 1. The van der Waals surface area contributed by atoms with Gasteiger partial charge in [0.05, 0.1) is 11.2 Å². The summed E-state index contributed by atoms with van der Waals surface area (Å²) in [5, 5.41) is 2.36. The number of rotatable bonds is 4. The van der Waals surface area contributed by atoms with Gasteiger partial charge in [-0.1, -0.05) is 105 Å². The zero-order valence-corrected chi connectivity index (χ0v) is 24.0. The van der Waals surface area contributed by atoms with Crippen LogP contribution in [0.4, 0.5) is 0 Å². The van der Waals surface area contributed by atoms with Gasteiger partial charge in [0.2, 0.25) is 0 Å². The minimum atomic E-state index is 0.963. The first-order chi connectivity index (χ1) is 19.2. The topological polar surface area (TPSA) is 17.8 Å². The van der Waals surface area contributed by atoms with E-state index in [1.807, 2.05) is 12.3 Å². The molecule has 0 aliphatic carbocycles. The number of nitrogens with zero attached hydrogens (tertiary/aromatic N) is 2. The van der Waals surface area contributed by atoms with E-state index in [-0.39, 0.29) is 0 Å². The van der Waals surface area contributed by atoms with E-state index in [9.17, 15) is 0 Å². The molecular weight excluding hydrogens is 608 g/mol. The molecular formula is C35H22Br2N2. The van der Waals surface area contributed by atoms with Crippen LogP contribution in [0.5, 0.6) is 0 Å². The van der Waals surface area contributed by atoms with Crippen LogP contribution in [0.3, 0.4) is 0 Å². The molecule has 7 rings (SSSR count). The van der Waals surface area contributed by atoms with Crippen molar-refractivity contribution in [2.24, 2.45) is 0 Å². The zero-order chi connectivity index (χ0) is 26.3. The third-order valence-corrected chi connectivity index (χ3v) is 8.37. The quantitative estimate of drug-likeness (QED) is 0.189. The Kier molecular flexibility index (Phi) is 6.15. The zero-order valence-electron chi connectivity index (χ0n) is 20.9. The van der Waals surface area contributed by atoms with Gasteiger partial charge >= 0.3 is 0 Å². The van der Waals surface area contributed by atoms with Gasteiger partial charge in [0.1, 0.15) is 5.65 Å². The Labute approximate surface area is 243 Å². The van der Waals surface area contributed by atoms with Crippen LogP contribution >= 0.6 is 31.9 Å². The van der Waals surface area contributed by atoms with Crippen molar-refractivity contribution in [2.45, 2.75) is 0 Å². The fourth-order valence-corrected chi connectivity index (χ4v) is 6.28. The summed E-state index contributed by atoms with van der Waals surface area (Å²) in [6.07, 6.45) is 1.87. The van der Waals surface area contributed by atoms with E-state index in [1.54, 1.807) is 0 Å². The Balaban J connectivity index is 1.40. The molecule has 2 heterocycles. The number of para-hydroxylation sites is 2. The van der Waals surface area contributed by atoms with Crippen LogP contribution in [-0.2, 0) is 0 Å². The van der Waals surface area contributed by atoms with Crippen molar-refractivity contribution in [3.63, 3.8) is 0 Å². The first kappa shape index (κ1) is 24.1. The molecule has 0 spiro atoms. The van der Waals surface area contributed by atoms with Crippen LogP contribution in [0.1, 0.15) is 0 Å². The summed E-state index contributed by atoms with van der Waals surface area (Å²) in [7, 11) is 0. The lowest BCUT2D eigenvalue weighted by atomic mass is 9.95. The molecule has 0 atom stereocenters. The molecule has 5 aromatic carbocycles. The fraction of sp³-hybridized carbons (Fsp3) is 0. The van der Waals surface area contributed by atoms with Crippen LogP contribution in [0.25, 0.3) is 61.0 Å². The van der Waals surface area contributed by atoms with Crippen molar-refractivity contribution in [1.29, 1.82) is 0 Å². The molecule has 0 aliphatic rings. The first-order valence-electron chi connectivity index (χ1n) is 12.8. The van der Waals surface area contributed by atoms with E-state index in [0.717, 1.165) is 53.4 Å². The van der Waals surface area contributed by atoms with Crippen molar-refractivity contribution in [1.82, 2.24) is 9.55 Å². The van der Waals surface area contributed by atoms with Gasteiger partial charge in [0, 0.05) is 31.5 Å².